The largest absolute Gasteiger partial charge is 0.313 e. The van der Waals surface area contributed by atoms with Gasteiger partial charge in [0.25, 0.3) is 0 Å². The lowest BCUT2D eigenvalue weighted by molar-refractivity contribution is 0.647. The molecule has 2 aromatic heterocycles. The first kappa shape index (κ1) is 16.6. The topological polar surface area (TPSA) is 37.8 Å². The van der Waals surface area contributed by atoms with E-state index in [4.69, 9.17) is 0 Å². The predicted octanol–water partition coefficient (Wildman–Crippen LogP) is 5.29. The molecule has 1 aliphatic heterocycles. The van der Waals surface area contributed by atoms with Gasteiger partial charge in [0.15, 0.2) is 0 Å². The molecule has 0 aliphatic carbocycles. The van der Waals surface area contributed by atoms with E-state index in [0.717, 1.165) is 36.5 Å². The summed E-state index contributed by atoms with van der Waals surface area (Å²) in [7, 11) is 0. The number of fused-ring (bicyclic) bond motifs is 2. The van der Waals surface area contributed by atoms with Crippen LogP contribution >= 0.6 is 11.3 Å². The van der Waals surface area contributed by atoms with Crippen LogP contribution in [0.5, 0.6) is 0 Å². The molecule has 1 N–H and O–H groups in total. The highest BCUT2D eigenvalue weighted by molar-refractivity contribution is 7.17. The minimum absolute atomic E-state index is 0.428. The smallest absolute Gasteiger partial charge is 0.0929 e. The Morgan fingerprint density at radius 2 is 1.96 bits per heavy atom. The highest BCUT2D eigenvalue weighted by Gasteiger charge is 2.21. The molecule has 1 unspecified atom stereocenters. The highest BCUT2D eigenvalue weighted by atomic mass is 32.1. The minimum Gasteiger partial charge on any atom is -0.313 e. The van der Waals surface area contributed by atoms with Crippen LogP contribution in [0.1, 0.15) is 34.7 Å². The Bertz CT molecular complexity index is 1100. The van der Waals surface area contributed by atoms with Gasteiger partial charge in [-0.1, -0.05) is 18.2 Å². The number of aromatic nitrogens is 2. The van der Waals surface area contributed by atoms with Crippen LogP contribution in [-0.2, 0) is 6.54 Å². The number of nitrogens with one attached hydrogen (secondary N) is 1. The van der Waals surface area contributed by atoms with Crippen molar-refractivity contribution in [3.05, 3.63) is 82.4 Å². The van der Waals surface area contributed by atoms with Crippen molar-refractivity contribution < 1.29 is 0 Å². The molecule has 3 heterocycles. The van der Waals surface area contributed by atoms with Crippen LogP contribution in [0.4, 0.5) is 0 Å². The van der Waals surface area contributed by atoms with Gasteiger partial charge in [0.1, 0.15) is 0 Å². The molecule has 134 valence electrons. The number of aryl methyl sites for hydroxylation is 1. The summed E-state index contributed by atoms with van der Waals surface area (Å²) in [5.41, 5.74) is 7.22. The zero-order valence-electron chi connectivity index (χ0n) is 15.3. The molecule has 5 rings (SSSR count). The van der Waals surface area contributed by atoms with E-state index in [9.17, 15) is 0 Å². The average molecular weight is 372 g/mol. The summed E-state index contributed by atoms with van der Waals surface area (Å²) in [6.07, 6.45) is 1.12. The van der Waals surface area contributed by atoms with Crippen LogP contribution in [0.15, 0.2) is 60.0 Å². The molecule has 3 nitrogen and oxygen atoms in total. The van der Waals surface area contributed by atoms with Crippen molar-refractivity contribution in [2.24, 2.45) is 0 Å². The van der Waals surface area contributed by atoms with Gasteiger partial charge in [0.2, 0.25) is 0 Å². The molecule has 0 spiro atoms. The molecule has 27 heavy (non-hydrogen) atoms. The normalized spacial score (nSPS) is 16.9. The fourth-order valence-corrected chi connectivity index (χ4v) is 4.75. The SMILES string of the molecule is Cc1ccc(-c2ccc3c(c2)CNCCC3c2ccc3sccc3c2)nn1. The Labute approximate surface area is 163 Å². The molecule has 4 aromatic rings. The Morgan fingerprint density at radius 3 is 2.85 bits per heavy atom. The summed E-state index contributed by atoms with van der Waals surface area (Å²) in [4.78, 5) is 0. The Morgan fingerprint density at radius 1 is 1.00 bits per heavy atom. The first-order valence-electron chi connectivity index (χ1n) is 9.39. The first-order valence-corrected chi connectivity index (χ1v) is 10.3. The standard InChI is InChI=1S/C23H21N3S/c1-15-2-6-22(26-25-15)17-3-5-20-19(13-17)14-24-10-8-21(20)16-4-7-23-18(12-16)9-11-27-23/h2-7,9,11-13,21,24H,8,10,14H2,1H3. The zero-order chi connectivity index (χ0) is 18.2. The van der Waals surface area contributed by atoms with E-state index >= 15 is 0 Å². The number of rotatable bonds is 2. The van der Waals surface area contributed by atoms with Gasteiger partial charge in [0.05, 0.1) is 11.4 Å². The molecule has 0 amide bonds. The van der Waals surface area contributed by atoms with Crippen LogP contribution in [0.25, 0.3) is 21.3 Å². The monoisotopic (exact) mass is 371 g/mol. The highest BCUT2D eigenvalue weighted by Crippen LogP contribution is 2.36. The van der Waals surface area contributed by atoms with Crippen LogP contribution in [0.3, 0.4) is 0 Å². The predicted molar refractivity (Wildman–Crippen MR) is 112 cm³/mol. The van der Waals surface area contributed by atoms with E-state index in [-0.39, 0.29) is 0 Å². The molecule has 4 heteroatoms. The maximum atomic E-state index is 4.36. The lowest BCUT2D eigenvalue weighted by Crippen LogP contribution is -2.12. The molecule has 0 bridgehead atoms. The van der Waals surface area contributed by atoms with Crippen molar-refractivity contribution in [1.82, 2.24) is 15.5 Å². The third-order valence-corrected chi connectivity index (χ3v) is 6.31. The van der Waals surface area contributed by atoms with Gasteiger partial charge in [-0.25, -0.2) is 0 Å². The van der Waals surface area contributed by atoms with Gasteiger partial charge in [-0.15, -0.1) is 11.3 Å². The summed E-state index contributed by atoms with van der Waals surface area (Å²) in [5.74, 6) is 0.428. The van der Waals surface area contributed by atoms with Crippen molar-refractivity contribution in [2.45, 2.75) is 25.8 Å². The molecule has 1 aliphatic rings. The molecule has 0 fully saturated rings. The maximum Gasteiger partial charge on any atom is 0.0929 e. The second-order valence-corrected chi connectivity index (χ2v) is 8.16. The minimum atomic E-state index is 0.428. The summed E-state index contributed by atoms with van der Waals surface area (Å²) in [6, 6.07) is 20.0. The van der Waals surface area contributed by atoms with Crippen molar-refractivity contribution in [1.29, 1.82) is 0 Å². The second-order valence-electron chi connectivity index (χ2n) is 7.21. The van der Waals surface area contributed by atoms with Crippen LogP contribution < -0.4 is 5.32 Å². The number of hydrogen-bond donors (Lipinski definition) is 1. The van der Waals surface area contributed by atoms with Crippen molar-refractivity contribution >= 4 is 21.4 Å². The van der Waals surface area contributed by atoms with Gasteiger partial charge in [-0.3, -0.25) is 0 Å². The summed E-state index contributed by atoms with van der Waals surface area (Å²) < 4.78 is 1.36. The quantitative estimate of drug-likeness (QED) is 0.520. The lowest BCUT2D eigenvalue weighted by Gasteiger charge is -2.19. The summed E-state index contributed by atoms with van der Waals surface area (Å²) in [5, 5.41) is 15.7. The zero-order valence-corrected chi connectivity index (χ0v) is 16.1. The number of thiophene rings is 1. The fourth-order valence-electron chi connectivity index (χ4n) is 3.98. The third kappa shape index (κ3) is 3.15. The van der Waals surface area contributed by atoms with Crippen molar-refractivity contribution in [3.63, 3.8) is 0 Å². The Balaban J connectivity index is 1.57. The number of hydrogen-bond acceptors (Lipinski definition) is 4. The molecule has 1 atom stereocenters. The third-order valence-electron chi connectivity index (χ3n) is 5.42. The summed E-state index contributed by atoms with van der Waals surface area (Å²) in [6.45, 7) is 3.90. The van der Waals surface area contributed by atoms with Crippen molar-refractivity contribution in [3.8, 4) is 11.3 Å². The molecular weight excluding hydrogens is 350 g/mol. The van der Waals surface area contributed by atoms with Crippen molar-refractivity contribution in [2.75, 3.05) is 6.54 Å². The van der Waals surface area contributed by atoms with Crippen LogP contribution in [0.2, 0.25) is 0 Å². The maximum absolute atomic E-state index is 4.36. The van der Waals surface area contributed by atoms with Gasteiger partial charge < -0.3 is 5.32 Å². The molecule has 0 saturated heterocycles. The summed E-state index contributed by atoms with van der Waals surface area (Å²) >= 11 is 1.81. The molecular formula is C23H21N3S. The molecule has 0 radical (unpaired) electrons. The van der Waals surface area contributed by atoms with Gasteiger partial charge >= 0.3 is 0 Å². The van der Waals surface area contributed by atoms with E-state index in [1.165, 1.54) is 26.8 Å². The van der Waals surface area contributed by atoms with E-state index < -0.39 is 0 Å². The van der Waals surface area contributed by atoms with Gasteiger partial charge in [-0.2, -0.15) is 10.2 Å². The van der Waals surface area contributed by atoms with E-state index in [1.54, 1.807) is 0 Å². The fraction of sp³-hybridized carbons (Fsp3) is 0.217. The molecule has 0 saturated carbocycles. The van der Waals surface area contributed by atoms with Gasteiger partial charge in [0, 0.05) is 22.7 Å². The lowest BCUT2D eigenvalue weighted by atomic mass is 9.85. The Kier molecular flexibility index (Phi) is 4.23. The average Bonchev–Trinajstić information content (AvgIpc) is 3.06. The van der Waals surface area contributed by atoms with Crippen LogP contribution in [0, 0.1) is 6.92 Å². The van der Waals surface area contributed by atoms with E-state index in [1.807, 2.05) is 24.3 Å². The number of nitrogens with zero attached hydrogens (tertiary/aromatic N) is 2. The van der Waals surface area contributed by atoms with Crippen LogP contribution in [-0.4, -0.2) is 16.7 Å². The second kappa shape index (κ2) is 6.87. The van der Waals surface area contributed by atoms with E-state index in [2.05, 4.69) is 69.4 Å². The van der Waals surface area contributed by atoms with E-state index in [0.29, 0.717) is 5.92 Å². The number of benzene rings is 2. The van der Waals surface area contributed by atoms with Gasteiger partial charge in [-0.05, 0) is 83.7 Å². The molecule has 2 aromatic carbocycles. The Hall–Kier alpha value is -2.56. The first-order chi connectivity index (χ1) is 13.3.